The lowest BCUT2D eigenvalue weighted by atomic mass is 10.0. The topological polar surface area (TPSA) is 34.5 Å². The van der Waals surface area contributed by atoms with Gasteiger partial charge in [-0.1, -0.05) is 72.8 Å². The van der Waals surface area contributed by atoms with Crippen molar-refractivity contribution < 1.29 is 9.53 Å². The van der Waals surface area contributed by atoms with Crippen LogP contribution in [0.25, 0.3) is 11.1 Å². The molecule has 162 valence electrons. The molecular weight excluding hydrogens is 396 g/mol. The van der Waals surface area contributed by atoms with Crippen molar-refractivity contribution in [1.29, 1.82) is 0 Å². The molecule has 4 nitrogen and oxygen atoms in total. The molecule has 4 aromatic rings. The minimum absolute atomic E-state index is 0.00845. The number of nitrogens with zero attached hydrogens (tertiary/aromatic N) is 2. The first-order chi connectivity index (χ1) is 15.7. The Hall–Kier alpha value is -3.63. The van der Waals surface area contributed by atoms with E-state index in [-0.39, 0.29) is 5.91 Å². The molecule has 0 fully saturated rings. The Bertz CT molecular complexity index is 1120. The number of hydrogen-bond donors (Lipinski definition) is 0. The van der Waals surface area contributed by atoms with E-state index >= 15 is 0 Å². The average molecular weight is 425 g/mol. The molecule has 0 aliphatic heterocycles. The van der Waals surface area contributed by atoms with E-state index < -0.39 is 0 Å². The maximum Gasteiger partial charge on any atom is 0.254 e. The van der Waals surface area contributed by atoms with Gasteiger partial charge in [0.25, 0.3) is 5.91 Å². The first kappa shape index (κ1) is 21.6. The largest absolute Gasteiger partial charge is 0.383 e. The Morgan fingerprint density at radius 1 is 0.812 bits per heavy atom. The standard InChI is InChI=1S/C28H28N2O2/c1-32-20-19-30(22-27-13-8-18-29(27)21-23-9-4-2-5-10-23)28(31)26-16-14-25(15-17-26)24-11-6-3-7-12-24/h2-18H,19-22H2,1H3. The molecule has 0 aliphatic rings. The van der Waals surface area contributed by atoms with Crippen LogP contribution >= 0.6 is 0 Å². The van der Waals surface area contributed by atoms with Crippen LogP contribution in [-0.4, -0.2) is 35.6 Å². The summed E-state index contributed by atoms with van der Waals surface area (Å²) in [6, 6.07) is 32.5. The van der Waals surface area contributed by atoms with Crippen LogP contribution in [0.2, 0.25) is 0 Å². The van der Waals surface area contributed by atoms with Crippen LogP contribution < -0.4 is 0 Å². The van der Waals surface area contributed by atoms with E-state index in [2.05, 4.69) is 41.1 Å². The average Bonchev–Trinajstić information content (AvgIpc) is 3.29. The summed E-state index contributed by atoms with van der Waals surface area (Å²) >= 11 is 0. The van der Waals surface area contributed by atoms with Crippen LogP contribution in [0.1, 0.15) is 21.6 Å². The minimum Gasteiger partial charge on any atom is -0.383 e. The second kappa shape index (κ2) is 10.6. The summed E-state index contributed by atoms with van der Waals surface area (Å²) in [5, 5.41) is 0. The number of hydrogen-bond acceptors (Lipinski definition) is 2. The number of rotatable bonds is 9. The van der Waals surface area contributed by atoms with Gasteiger partial charge in [0.2, 0.25) is 0 Å². The zero-order valence-corrected chi connectivity index (χ0v) is 18.4. The SMILES string of the molecule is COCCN(Cc1cccn1Cc1ccccc1)C(=O)c1ccc(-c2ccccc2)cc1. The molecule has 1 amide bonds. The first-order valence-corrected chi connectivity index (χ1v) is 10.9. The van der Waals surface area contributed by atoms with Crippen molar-refractivity contribution in [2.75, 3.05) is 20.3 Å². The van der Waals surface area contributed by atoms with Gasteiger partial charge in [0.1, 0.15) is 0 Å². The van der Waals surface area contributed by atoms with Gasteiger partial charge in [0.15, 0.2) is 0 Å². The smallest absolute Gasteiger partial charge is 0.254 e. The molecule has 0 unspecified atom stereocenters. The number of ether oxygens (including phenoxy) is 1. The Balaban J connectivity index is 1.51. The fraction of sp³-hybridized carbons (Fsp3) is 0.179. The summed E-state index contributed by atoms with van der Waals surface area (Å²) in [5.41, 5.74) is 5.25. The molecule has 4 heteroatoms. The highest BCUT2D eigenvalue weighted by molar-refractivity contribution is 5.94. The summed E-state index contributed by atoms with van der Waals surface area (Å²) in [5.74, 6) is 0.00845. The third-order valence-corrected chi connectivity index (χ3v) is 5.56. The molecule has 0 saturated carbocycles. The Labute approximate surface area is 189 Å². The maximum absolute atomic E-state index is 13.4. The normalized spacial score (nSPS) is 10.8. The molecule has 0 atom stereocenters. The number of carbonyl (C=O) groups is 1. The summed E-state index contributed by atoms with van der Waals surface area (Å²) in [6.45, 7) is 2.34. The summed E-state index contributed by atoms with van der Waals surface area (Å²) in [7, 11) is 1.66. The monoisotopic (exact) mass is 424 g/mol. The fourth-order valence-electron chi connectivity index (χ4n) is 3.80. The van der Waals surface area contributed by atoms with Crippen LogP contribution in [0.5, 0.6) is 0 Å². The molecule has 0 spiro atoms. The quantitative estimate of drug-likeness (QED) is 0.356. The lowest BCUT2D eigenvalue weighted by molar-refractivity contribution is 0.0676. The second-order valence-electron chi connectivity index (χ2n) is 7.78. The van der Waals surface area contributed by atoms with Crippen LogP contribution in [-0.2, 0) is 17.8 Å². The van der Waals surface area contributed by atoms with Gasteiger partial charge in [-0.3, -0.25) is 4.79 Å². The van der Waals surface area contributed by atoms with Crippen LogP contribution in [0, 0.1) is 0 Å². The molecule has 4 rings (SSSR count). The lowest BCUT2D eigenvalue weighted by Crippen LogP contribution is -2.34. The second-order valence-corrected chi connectivity index (χ2v) is 7.78. The van der Waals surface area contributed by atoms with Crippen molar-refractivity contribution in [2.45, 2.75) is 13.1 Å². The highest BCUT2D eigenvalue weighted by Gasteiger charge is 2.18. The van der Waals surface area contributed by atoms with E-state index in [4.69, 9.17) is 4.74 Å². The fourth-order valence-corrected chi connectivity index (χ4v) is 3.80. The Morgan fingerprint density at radius 3 is 2.16 bits per heavy atom. The van der Waals surface area contributed by atoms with Crippen LogP contribution in [0.3, 0.4) is 0 Å². The van der Waals surface area contributed by atoms with E-state index in [0.717, 1.165) is 23.4 Å². The zero-order valence-electron chi connectivity index (χ0n) is 18.4. The van der Waals surface area contributed by atoms with E-state index in [1.165, 1.54) is 5.56 Å². The molecule has 3 aromatic carbocycles. The summed E-state index contributed by atoms with van der Waals surface area (Å²) in [4.78, 5) is 15.2. The predicted molar refractivity (Wildman–Crippen MR) is 128 cm³/mol. The third-order valence-electron chi connectivity index (χ3n) is 5.56. The Morgan fingerprint density at radius 2 is 1.47 bits per heavy atom. The third kappa shape index (κ3) is 5.34. The van der Waals surface area contributed by atoms with Crippen LogP contribution in [0.15, 0.2) is 103 Å². The van der Waals surface area contributed by atoms with Gasteiger partial charge < -0.3 is 14.2 Å². The number of benzene rings is 3. The molecule has 0 saturated heterocycles. The molecule has 32 heavy (non-hydrogen) atoms. The van der Waals surface area contributed by atoms with E-state index in [1.54, 1.807) is 7.11 Å². The molecular formula is C28H28N2O2. The van der Waals surface area contributed by atoms with Crippen molar-refractivity contribution in [3.63, 3.8) is 0 Å². The van der Waals surface area contributed by atoms with Crippen molar-refractivity contribution in [3.05, 3.63) is 120 Å². The summed E-state index contributed by atoms with van der Waals surface area (Å²) in [6.07, 6.45) is 2.07. The van der Waals surface area contributed by atoms with Gasteiger partial charge in [-0.15, -0.1) is 0 Å². The van der Waals surface area contributed by atoms with Crippen LogP contribution in [0.4, 0.5) is 0 Å². The molecule has 0 radical (unpaired) electrons. The molecule has 1 heterocycles. The van der Waals surface area contributed by atoms with E-state index in [9.17, 15) is 4.79 Å². The number of carbonyl (C=O) groups excluding carboxylic acids is 1. The highest BCUT2D eigenvalue weighted by atomic mass is 16.5. The zero-order chi connectivity index (χ0) is 22.2. The number of amides is 1. The molecule has 0 bridgehead atoms. The number of methoxy groups -OCH3 is 1. The first-order valence-electron chi connectivity index (χ1n) is 10.9. The van der Waals surface area contributed by atoms with Gasteiger partial charge in [-0.05, 0) is 41.0 Å². The Kier molecular flexibility index (Phi) is 7.15. The van der Waals surface area contributed by atoms with Crippen molar-refractivity contribution >= 4 is 5.91 Å². The molecule has 1 aromatic heterocycles. The van der Waals surface area contributed by atoms with E-state index in [1.807, 2.05) is 71.6 Å². The van der Waals surface area contributed by atoms with Gasteiger partial charge in [0, 0.05) is 37.7 Å². The molecule has 0 aliphatic carbocycles. The minimum atomic E-state index is 0.00845. The van der Waals surface area contributed by atoms with Gasteiger partial charge in [0.05, 0.1) is 13.2 Å². The maximum atomic E-state index is 13.4. The van der Waals surface area contributed by atoms with Gasteiger partial charge in [-0.25, -0.2) is 0 Å². The van der Waals surface area contributed by atoms with Crippen molar-refractivity contribution in [2.24, 2.45) is 0 Å². The van der Waals surface area contributed by atoms with Gasteiger partial charge in [-0.2, -0.15) is 0 Å². The van der Waals surface area contributed by atoms with Crippen molar-refractivity contribution in [3.8, 4) is 11.1 Å². The van der Waals surface area contributed by atoms with E-state index in [0.29, 0.717) is 25.3 Å². The highest BCUT2D eigenvalue weighted by Crippen LogP contribution is 2.20. The lowest BCUT2D eigenvalue weighted by Gasteiger charge is -2.23. The number of aromatic nitrogens is 1. The predicted octanol–water partition coefficient (Wildman–Crippen LogP) is 5.49. The van der Waals surface area contributed by atoms with Crippen molar-refractivity contribution in [1.82, 2.24) is 9.47 Å². The summed E-state index contributed by atoms with van der Waals surface area (Å²) < 4.78 is 7.48. The van der Waals surface area contributed by atoms with Gasteiger partial charge >= 0.3 is 0 Å². The molecule has 0 N–H and O–H groups in total.